The maximum Gasteiger partial charge on any atom is 0.230 e. The van der Waals surface area contributed by atoms with Crippen LogP contribution in [0, 0.1) is 5.92 Å². The number of hydrogen-bond donors (Lipinski definition) is 3. The molecule has 0 aromatic carbocycles. The zero-order valence-corrected chi connectivity index (χ0v) is 13.4. The molecule has 5 nitrogen and oxygen atoms in total. The van der Waals surface area contributed by atoms with Gasteiger partial charge in [0.25, 0.3) is 0 Å². The van der Waals surface area contributed by atoms with Crippen LogP contribution in [0.15, 0.2) is 0 Å². The van der Waals surface area contributed by atoms with Gasteiger partial charge in [-0.2, -0.15) is 0 Å². The summed E-state index contributed by atoms with van der Waals surface area (Å²) in [6.07, 6.45) is 2.63. The standard InChI is InChI=1S/C14H27N3O2S/c1-11(2)9-17-13(18)5-8-16-14(19)10-20-12-3-6-15-7-4-12/h11-12,15H,3-10H2,1-2H3,(H,16,19)(H,17,18). The van der Waals surface area contributed by atoms with Crippen LogP contribution in [0.5, 0.6) is 0 Å². The van der Waals surface area contributed by atoms with Gasteiger partial charge in [-0.05, 0) is 31.8 Å². The lowest BCUT2D eigenvalue weighted by atomic mass is 10.2. The smallest absolute Gasteiger partial charge is 0.230 e. The van der Waals surface area contributed by atoms with Crippen LogP contribution in [0.4, 0.5) is 0 Å². The van der Waals surface area contributed by atoms with Gasteiger partial charge in [0.15, 0.2) is 0 Å². The van der Waals surface area contributed by atoms with Crippen molar-refractivity contribution in [2.45, 2.75) is 38.4 Å². The Morgan fingerprint density at radius 3 is 2.55 bits per heavy atom. The van der Waals surface area contributed by atoms with Crippen molar-refractivity contribution in [3.8, 4) is 0 Å². The minimum atomic E-state index is 0.00464. The summed E-state index contributed by atoms with van der Waals surface area (Å²) < 4.78 is 0. The van der Waals surface area contributed by atoms with Crippen molar-refractivity contribution in [2.24, 2.45) is 5.92 Å². The number of carbonyl (C=O) groups is 2. The Labute approximate surface area is 126 Å². The van der Waals surface area contributed by atoms with Gasteiger partial charge in [0.05, 0.1) is 5.75 Å². The highest BCUT2D eigenvalue weighted by atomic mass is 32.2. The lowest BCUT2D eigenvalue weighted by Gasteiger charge is -2.21. The van der Waals surface area contributed by atoms with Gasteiger partial charge in [0.2, 0.25) is 11.8 Å². The van der Waals surface area contributed by atoms with E-state index in [1.165, 1.54) is 0 Å². The molecule has 0 atom stereocenters. The quantitative estimate of drug-likeness (QED) is 0.619. The van der Waals surface area contributed by atoms with Crippen LogP contribution in [-0.2, 0) is 9.59 Å². The maximum atomic E-state index is 11.7. The molecule has 1 aliphatic heterocycles. The molecular weight excluding hydrogens is 274 g/mol. The predicted octanol–water partition coefficient (Wildman–Crippen LogP) is 0.750. The van der Waals surface area contributed by atoms with Gasteiger partial charge in [-0.15, -0.1) is 11.8 Å². The van der Waals surface area contributed by atoms with Crippen LogP contribution in [0.3, 0.4) is 0 Å². The first-order valence-electron chi connectivity index (χ1n) is 7.43. The monoisotopic (exact) mass is 301 g/mol. The molecule has 0 radical (unpaired) electrons. The summed E-state index contributed by atoms with van der Waals surface area (Å²) in [6.45, 7) is 7.33. The second kappa shape index (κ2) is 10.0. The summed E-state index contributed by atoms with van der Waals surface area (Å²) in [6, 6.07) is 0. The van der Waals surface area contributed by atoms with Gasteiger partial charge in [0, 0.05) is 24.8 Å². The molecule has 1 rings (SSSR count). The molecule has 1 saturated heterocycles. The SMILES string of the molecule is CC(C)CNC(=O)CCNC(=O)CSC1CCNCC1. The fourth-order valence-corrected chi connectivity index (χ4v) is 2.99. The zero-order chi connectivity index (χ0) is 14.8. The summed E-state index contributed by atoms with van der Waals surface area (Å²) >= 11 is 1.73. The van der Waals surface area contributed by atoms with Crippen molar-refractivity contribution in [3.63, 3.8) is 0 Å². The molecule has 3 N–H and O–H groups in total. The number of carbonyl (C=O) groups excluding carboxylic acids is 2. The molecule has 0 aliphatic carbocycles. The fraction of sp³-hybridized carbons (Fsp3) is 0.857. The largest absolute Gasteiger partial charge is 0.356 e. The predicted molar refractivity (Wildman–Crippen MR) is 83.8 cm³/mol. The topological polar surface area (TPSA) is 70.2 Å². The van der Waals surface area contributed by atoms with Crippen molar-refractivity contribution in [1.82, 2.24) is 16.0 Å². The van der Waals surface area contributed by atoms with Gasteiger partial charge in [-0.25, -0.2) is 0 Å². The van der Waals surface area contributed by atoms with E-state index in [4.69, 9.17) is 0 Å². The molecule has 20 heavy (non-hydrogen) atoms. The van der Waals surface area contributed by atoms with E-state index >= 15 is 0 Å². The van der Waals surface area contributed by atoms with Crippen molar-refractivity contribution in [3.05, 3.63) is 0 Å². The average Bonchev–Trinajstić information content (AvgIpc) is 2.44. The van der Waals surface area contributed by atoms with Crippen molar-refractivity contribution >= 4 is 23.6 Å². The maximum absolute atomic E-state index is 11.7. The van der Waals surface area contributed by atoms with E-state index in [2.05, 4.69) is 29.8 Å². The van der Waals surface area contributed by atoms with Crippen LogP contribution < -0.4 is 16.0 Å². The Kier molecular flexibility index (Phi) is 8.69. The van der Waals surface area contributed by atoms with E-state index in [0.717, 1.165) is 25.9 Å². The molecule has 1 heterocycles. The van der Waals surface area contributed by atoms with Gasteiger partial charge in [0.1, 0.15) is 0 Å². The van der Waals surface area contributed by atoms with Gasteiger partial charge in [-0.1, -0.05) is 13.8 Å². The number of rotatable bonds is 8. The van der Waals surface area contributed by atoms with E-state index in [1.54, 1.807) is 11.8 Å². The Bertz CT molecular complexity index is 305. The first-order chi connectivity index (χ1) is 9.58. The molecule has 0 unspecified atom stereocenters. The van der Waals surface area contributed by atoms with Crippen molar-refractivity contribution < 1.29 is 9.59 Å². The molecule has 2 amide bonds. The van der Waals surface area contributed by atoms with Crippen LogP contribution in [-0.4, -0.2) is 49.0 Å². The normalized spacial score (nSPS) is 16.1. The Morgan fingerprint density at radius 1 is 1.20 bits per heavy atom. The van der Waals surface area contributed by atoms with Gasteiger partial charge in [-0.3, -0.25) is 9.59 Å². The molecule has 1 aliphatic rings. The molecule has 1 fully saturated rings. The molecule has 0 aromatic rings. The Balaban J connectivity index is 2.00. The third-order valence-corrected chi connectivity index (χ3v) is 4.49. The van der Waals surface area contributed by atoms with Gasteiger partial charge >= 0.3 is 0 Å². The lowest BCUT2D eigenvalue weighted by molar-refractivity contribution is -0.121. The highest BCUT2D eigenvalue weighted by Crippen LogP contribution is 2.19. The summed E-state index contributed by atoms with van der Waals surface area (Å²) in [5, 5.41) is 9.55. The number of amides is 2. The van der Waals surface area contributed by atoms with E-state index < -0.39 is 0 Å². The van der Waals surface area contributed by atoms with Crippen molar-refractivity contribution in [2.75, 3.05) is 31.9 Å². The first-order valence-corrected chi connectivity index (χ1v) is 8.48. The average molecular weight is 301 g/mol. The van der Waals surface area contributed by atoms with Crippen molar-refractivity contribution in [1.29, 1.82) is 0 Å². The highest BCUT2D eigenvalue weighted by Gasteiger charge is 2.14. The molecule has 0 spiro atoms. The first kappa shape index (κ1) is 17.3. The van der Waals surface area contributed by atoms with E-state index in [0.29, 0.717) is 36.4 Å². The zero-order valence-electron chi connectivity index (χ0n) is 12.5. The number of nitrogens with one attached hydrogen (secondary N) is 3. The van der Waals surface area contributed by atoms with E-state index in [-0.39, 0.29) is 11.8 Å². The summed E-state index contributed by atoms with van der Waals surface area (Å²) in [4.78, 5) is 23.1. The summed E-state index contributed by atoms with van der Waals surface area (Å²) in [7, 11) is 0. The van der Waals surface area contributed by atoms with E-state index in [9.17, 15) is 9.59 Å². The third kappa shape index (κ3) is 8.43. The van der Waals surface area contributed by atoms with E-state index in [1.807, 2.05) is 0 Å². The molecule has 0 saturated carbocycles. The van der Waals surface area contributed by atoms with Crippen LogP contribution in [0.2, 0.25) is 0 Å². The summed E-state index contributed by atoms with van der Waals surface area (Å²) in [5.74, 6) is 0.989. The second-order valence-electron chi connectivity index (χ2n) is 5.56. The second-order valence-corrected chi connectivity index (χ2v) is 6.85. The fourth-order valence-electron chi connectivity index (χ4n) is 1.93. The Morgan fingerprint density at radius 2 is 1.90 bits per heavy atom. The molecule has 116 valence electrons. The Hall–Kier alpha value is -0.750. The highest BCUT2D eigenvalue weighted by molar-refractivity contribution is 8.00. The van der Waals surface area contributed by atoms with Crippen LogP contribution in [0.25, 0.3) is 0 Å². The number of piperidine rings is 1. The molecule has 0 aromatic heterocycles. The lowest BCUT2D eigenvalue weighted by Crippen LogP contribution is -2.34. The minimum Gasteiger partial charge on any atom is -0.356 e. The summed E-state index contributed by atoms with van der Waals surface area (Å²) in [5.41, 5.74) is 0. The molecule has 0 bridgehead atoms. The van der Waals surface area contributed by atoms with Crippen LogP contribution >= 0.6 is 11.8 Å². The minimum absolute atomic E-state index is 0.00464. The number of thioether (sulfide) groups is 1. The molecular formula is C14H27N3O2S. The third-order valence-electron chi connectivity index (χ3n) is 3.12. The number of hydrogen-bond acceptors (Lipinski definition) is 4. The molecule has 6 heteroatoms. The van der Waals surface area contributed by atoms with Gasteiger partial charge < -0.3 is 16.0 Å². The van der Waals surface area contributed by atoms with Crippen LogP contribution in [0.1, 0.15) is 33.1 Å².